The number of nitrogens with zero attached hydrogens (tertiary/aromatic N) is 2. The maximum Gasteiger partial charge on any atom is 0.410 e. The summed E-state index contributed by atoms with van der Waals surface area (Å²) >= 11 is 0. The Morgan fingerprint density at radius 3 is 2.18 bits per heavy atom. The third-order valence-corrected chi connectivity index (χ3v) is 4.06. The van der Waals surface area contributed by atoms with Crippen LogP contribution < -0.4 is 0 Å². The Balaban J connectivity index is 2.08. The summed E-state index contributed by atoms with van der Waals surface area (Å²) in [6.45, 7) is 6.43. The van der Waals surface area contributed by atoms with E-state index in [1.807, 2.05) is 20.8 Å². The van der Waals surface area contributed by atoms with Gasteiger partial charge in [-0.3, -0.25) is 14.5 Å². The largest absolute Gasteiger partial charge is 0.444 e. The van der Waals surface area contributed by atoms with E-state index in [2.05, 4.69) is 0 Å². The van der Waals surface area contributed by atoms with E-state index in [9.17, 15) is 9.59 Å². The van der Waals surface area contributed by atoms with Crippen LogP contribution in [-0.2, 0) is 19.1 Å². The van der Waals surface area contributed by atoms with Crippen molar-refractivity contribution in [3.05, 3.63) is 0 Å². The van der Waals surface area contributed by atoms with Crippen LogP contribution in [0, 0.1) is 5.92 Å². The normalized spacial score (nSPS) is 28.2. The summed E-state index contributed by atoms with van der Waals surface area (Å²) in [4.78, 5) is 31.4. The Bertz CT molecular complexity index is 420. The van der Waals surface area contributed by atoms with Gasteiger partial charge in [0.25, 0.3) is 0 Å². The van der Waals surface area contributed by atoms with Gasteiger partial charge < -0.3 is 9.47 Å². The molecule has 2 unspecified atom stereocenters. The van der Waals surface area contributed by atoms with Crippen molar-refractivity contribution in [3.63, 3.8) is 0 Å². The molecule has 2 aliphatic heterocycles. The number of amides is 2. The smallest absolute Gasteiger partial charge is 0.410 e. The highest BCUT2D eigenvalue weighted by Gasteiger charge is 2.45. The van der Waals surface area contributed by atoms with Crippen molar-refractivity contribution in [2.75, 3.05) is 27.4 Å². The number of ether oxygens (including phenoxy) is 2. The van der Waals surface area contributed by atoms with Gasteiger partial charge in [-0.25, -0.2) is 9.86 Å². The summed E-state index contributed by atoms with van der Waals surface area (Å²) in [7, 11) is 3.08. The second kappa shape index (κ2) is 6.42. The van der Waals surface area contributed by atoms with Gasteiger partial charge in [-0.1, -0.05) is 0 Å². The molecule has 7 heteroatoms. The molecule has 2 heterocycles. The summed E-state index contributed by atoms with van der Waals surface area (Å²) in [5, 5.41) is 1.25. The second-order valence-electron chi connectivity index (χ2n) is 6.92. The van der Waals surface area contributed by atoms with Crippen molar-refractivity contribution in [3.8, 4) is 0 Å². The Morgan fingerprint density at radius 1 is 1.18 bits per heavy atom. The van der Waals surface area contributed by atoms with E-state index in [4.69, 9.17) is 14.3 Å². The van der Waals surface area contributed by atoms with E-state index in [0.717, 1.165) is 0 Å². The van der Waals surface area contributed by atoms with Gasteiger partial charge in [-0.05, 0) is 33.6 Å². The monoisotopic (exact) mass is 314 g/mol. The maximum atomic E-state index is 12.4. The highest BCUT2D eigenvalue weighted by Crippen LogP contribution is 2.33. The molecule has 0 saturated carbocycles. The number of carbonyl (C=O) groups is 2. The molecule has 2 saturated heterocycles. The zero-order valence-corrected chi connectivity index (χ0v) is 14.0. The van der Waals surface area contributed by atoms with E-state index < -0.39 is 5.60 Å². The molecule has 0 N–H and O–H groups in total. The number of hydrogen-bond acceptors (Lipinski definition) is 5. The van der Waals surface area contributed by atoms with Crippen LogP contribution in [0.15, 0.2) is 0 Å². The maximum absolute atomic E-state index is 12.4. The lowest BCUT2D eigenvalue weighted by molar-refractivity contribution is -0.179. The minimum absolute atomic E-state index is 0.0526. The lowest BCUT2D eigenvalue weighted by Crippen LogP contribution is -2.61. The molecule has 0 aromatic heterocycles. The highest BCUT2D eigenvalue weighted by molar-refractivity contribution is 5.78. The average molecular weight is 314 g/mol. The fourth-order valence-electron chi connectivity index (χ4n) is 3.08. The van der Waals surface area contributed by atoms with Crippen LogP contribution in [0.5, 0.6) is 0 Å². The standard InChI is InChI=1S/C15H26N2O5/c1-15(2,3)22-14(19)17-11-6-10(13(18)16(4)20-5)7-12(17)9-21-8-11/h10-12H,6-9H2,1-5H3. The highest BCUT2D eigenvalue weighted by atomic mass is 16.7. The summed E-state index contributed by atoms with van der Waals surface area (Å²) in [6, 6.07) is -0.247. The summed E-state index contributed by atoms with van der Waals surface area (Å²) in [6.07, 6.45) is 0.821. The minimum atomic E-state index is -0.533. The molecule has 0 aromatic rings. The Morgan fingerprint density at radius 2 is 1.73 bits per heavy atom. The molecule has 0 radical (unpaired) electrons. The van der Waals surface area contributed by atoms with Gasteiger partial charge in [-0.15, -0.1) is 0 Å². The first-order chi connectivity index (χ1) is 10.2. The van der Waals surface area contributed by atoms with Crippen molar-refractivity contribution in [1.82, 2.24) is 9.96 Å². The van der Waals surface area contributed by atoms with E-state index >= 15 is 0 Å². The van der Waals surface area contributed by atoms with Crippen molar-refractivity contribution in [2.24, 2.45) is 5.92 Å². The molecular formula is C15H26N2O5. The van der Waals surface area contributed by atoms with E-state index in [1.54, 1.807) is 11.9 Å². The molecule has 0 aromatic carbocycles. The van der Waals surface area contributed by atoms with Gasteiger partial charge in [0.2, 0.25) is 5.91 Å². The Kier molecular flexibility index (Phi) is 4.97. The molecule has 22 heavy (non-hydrogen) atoms. The molecular weight excluding hydrogens is 288 g/mol. The van der Waals surface area contributed by atoms with Crippen LogP contribution in [0.25, 0.3) is 0 Å². The van der Waals surface area contributed by atoms with Crippen molar-refractivity contribution >= 4 is 12.0 Å². The topological polar surface area (TPSA) is 68.3 Å². The van der Waals surface area contributed by atoms with Gasteiger partial charge in [0.1, 0.15) is 5.60 Å². The van der Waals surface area contributed by atoms with Gasteiger partial charge in [0, 0.05) is 13.0 Å². The van der Waals surface area contributed by atoms with Crippen LogP contribution in [0.4, 0.5) is 4.79 Å². The van der Waals surface area contributed by atoms with Crippen molar-refractivity contribution in [2.45, 2.75) is 51.3 Å². The number of hydrogen-bond donors (Lipinski definition) is 0. The Labute approximate surface area is 131 Å². The lowest BCUT2D eigenvalue weighted by Gasteiger charge is -2.48. The van der Waals surface area contributed by atoms with Crippen LogP contribution in [0.1, 0.15) is 33.6 Å². The third kappa shape index (κ3) is 3.70. The Hall–Kier alpha value is -1.34. The van der Waals surface area contributed by atoms with Crippen molar-refractivity contribution < 1.29 is 23.9 Å². The molecule has 2 amide bonds. The average Bonchev–Trinajstić information content (AvgIpc) is 2.42. The zero-order chi connectivity index (χ0) is 16.5. The number of morpholine rings is 1. The van der Waals surface area contributed by atoms with Gasteiger partial charge >= 0.3 is 6.09 Å². The number of piperidine rings is 1. The molecule has 126 valence electrons. The second-order valence-corrected chi connectivity index (χ2v) is 6.92. The number of hydroxylamine groups is 2. The quantitative estimate of drug-likeness (QED) is 0.721. The summed E-state index contributed by atoms with van der Waals surface area (Å²) < 4.78 is 11.0. The van der Waals surface area contributed by atoms with Crippen LogP contribution >= 0.6 is 0 Å². The summed E-state index contributed by atoms with van der Waals surface area (Å²) in [5.41, 5.74) is -0.533. The molecule has 2 aliphatic rings. The third-order valence-electron chi connectivity index (χ3n) is 4.06. The molecule has 7 nitrogen and oxygen atoms in total. The van der Waals surface area contributed by atoms with E-state index in [1.165, 1.54) is 12.2 Å². The molecule has 2 atom stereocenters. The lowest BCUT2D eigenvalue weighted by atomic mass is 9.84. The fourth-order valence-corrected chi connectivity index (χ4v) is 3.08. The zero-order valence-electron chi connectivity index (χ0n) is 14.0. The van der Waals surface area contributed by atoms with E-state index in [0.29, 0.717) is 26.1 Å². The predicted molar refractivity (Wildman–Crippen MR) is 79.0 cm³/mol. The molecule has 2 bridgehead atoms. The number of carbonyl (C=O) groups excluding carboxylic acids is 2. The molecule has 0 aliphatic carbocycles. The first-order valence-electron chi connectivity index (χ1n) is 7.63. The molecule has 2 fully saturated rings. The van der Waals surface area contributed by atoms with E-state index in [-0.39, 0.29) is 30.0 Å². The minimum Gasteiger partial charge on any atom is -0.444 e. The molecule has 0 spiro atoms. The van der Waals surface area contributed by atoms with Crippen LogP contribution in [-0.4, -0.2) is 67.0 Å². The fraction of sp³-hybridized carbons (Fsp3) is 0.867. The van der Waals surface area contributed by atoms with Gasteiger partial charge in [-0.2, -0.15) is 0 Å². The van der Waals surface area contributed by atoms with Crippen LogP contribution in [0.2, 0.25) is 0 Å². The number of rotatable bonds is 2. The first kappa shape index (κ1) is 17.0. The van der Waals surface area contributed by atoms with Crippen LogP contribution in [0.3, 0.4) is 0 Å². The van der Waals surface area contributed by atoms with Crippen molar-refractivity contribution in [1.29, 1.82) is 0 Å². The number of fused-ring (bicyclic) bond motifs is 2. The summed E-state index contributed by atoms with van der Waals surface area (Å²) in [5.74, 6) is -0.203. The first-order valence-corrected chi connectivity index (χ1v) is 7.63. The van der Waals surface area contributed by atoms with Gasteiger partial charge in [0.05, 0.1) is 32.4 Å². The predicted octanol–water partition coefficient (Wildman–Crippen LogP) is 1.42. The molecule has 2 rings (SSSR count). The van der Waals surface area contributed by atoms with Gasteiger partial charge in [0.15, 0.2) is 0 Å². The SMILES string of the molecule is CON(C)C(=O)C1CC2COCC(C1)N2C(=O)OC(C)(C)C.